The van der Waals surface area contributed by atoms with Crippen LogP contribution in [0.4, 0.5) is 17.3 Å². The van der Waals surface area contributed by atoms with Crippen molar-refractivity contribution in [2.24, 2.45) is 0 Å². The van der Waals surface area contributed by atoms with Crippen molar-refractivity contribution >= 4 is 28.1 Å². The van der Waals surface area contributed by atoms with Crippen LogP contribution in [-0.4, -0.2) is 35.4 Å². The molecule has 0 unspecified atom stereocenters. The second kappa shape index (κ2) is 7.14. The number of hydrogen-bond donors (Lipinski definition) is 3. The Morgan fingerprint density at radius 1 is 1.21 bits per heavy atom. The number of anilines is 3. The number of nitrogens with two attached hydrogens (primary N) is 1. The zero-order chi connectivity index (χ0) is 20.6. The average molecular weight is 389 g/mol. The van der Waals surface area contributed by atoms with E-state index in [1.807, 2.05) is 31.3 Å². The van der Waals surface area contributed by atoms with Crippen molar-refractivity contribution < 1.29 is 5.11 Å². The maximum Gasteiger partial charge on any atom is 0.133 e. The standard InChI is InChI=1S/C21H23N7O/c1-13-4-5-23-9-16(13)18-6-14-7-19(24-10-17(14)20(22)27-18)26-15-8-25-28(11-15)12-21(2,3)29/h4-11,29H,12H2,1-3H3,(H2,22,27)(H,24,26). The van der Waals surface area contributed by atoms with Gasteiger partial charge in [0.1, 0.15) is 11.6 Å². The molecule has 29 heavy (non-hydrogen) atoms. The van der Waals surface area contributed by atoms with Gasteiger partial charge in [-0.2, -0.15) is 5.10 Å². The van der Waals surface area contributed by atoms with Crippen LogP contribution < -0.4 is 11.1 Å². The van der Waals surface area contributed by atoms with E-state index in [-0.39, 0.29) is 0 Å². The number of aromatic nitrogens is 5. The highest BCUT2D eigenvalue weighted by Crippen LogP contribution is 2.29. The van der Waals surface area contributed by atoms with Crippen LogP contribution in [0, 0.1) is 6.92 Å². The summed E-state index contributed by atoms with van der Waals surface area (Å²) in [5.41, 5.74) is 8.93. The topological polar surface area (TPSA) is 115 Å². The number of rotatable bonds is 5. The van der Waals surface area contributed by atoms with Crippen LogP contribution in [0.15, 0.2) is 49.2 Å². The molecule has 4 N–H and O–H groups in total. The summed E-state index contributed by atoms with van der Waals surface area (Å²) in [6.45, 7) is 5.90. The highest BCUT2D eigenvalue weighted by atomic mass is 16.3. The monoisotopic (exact) mass is 389 g/mol. The lowest BCUT2D eigenvalue weighted by molar-refractivity contribution is 0.0578. The first-order chi connectivity index (χ1) is 13.8. The van der Waals surface area contributed by atoms with Crippen LogP contribution in [-0.2, 0) is 6.54 Å². The van der Waals surface area contributed by atoms with E-state index in [1.54, 1.807) is 43.3 Å². The SMILES string of the molecule is Cc1ccncc1-c1cc2cc(Nc3cnn(CC(C)(C)O)c3)ncc2c(N)n1. The Morgan fingerprint density at radius 2 is 2.03 bits per heavy atom. The molecule has 0 amide bonds. The Bertz CT molecular complexity index is 1180. The van der Waals surface area contributed by atoms with E-state index < -0.39 is 5.60 Å². The van der Waals surface area contributed by atoms with Gasteiger partial charge in [-0.3, -0.25) is 9.67 Å². The van der Waals surface area contributed by atoms with Crippen LogP contribution in [0.1, 0.15) is 19.4 Å². The van der Waals surface area contributed by atoms with E-state index in [0.29, 0.717) is 18.2 Å². The molecule has 8 nitrogen and oxygen atoms in total. The van der Waals surface area contributed by atoms with Gasteiger partial charge in [-0.1, -0.05) is 0 Å². The smallest absolute Gasteiger partial charge is 0.133 e. The minimum atomic E-state index is -0.837. The average Bonchev–Trinajstić information content (AvgIpc) is 3.06. The molecule has 0 aliphatic carbocycles. The van der Waals surface area contributed by atoms with Crippen molar-refractivity contribution in [1.82, 2.24) is 24.7 Å². The zero-order valence-corrected chi connectivity index (χ0v) is 16.6. The molecule has 0 bridgehead atoms. The molecule has 4 aromatic heterocycles. The van der Waals surface area contributed by atoms with Gasteiger partial charge < -0.3 is 16.2 Å². The molecule has 0 atom stereocenters. The van der Waals surface area contributed by atoms with Gasteiger partial charge in [-0.05, 0) is 49.9 Å². The van der Waals surface area contributed by atoms with E-state index in [1.165, 1.54) is 0 Å². The van der Waals surface area contributed by atoms with Crippen LogP contribution in [0.3, 0.4) is 0 Å². The Labute approximate surface area is 168 Å². The molecular weight excluding hydrogens is 366 g/mol. The molecule has 0 saturated heterocycles. The lowest BCUT2D eigenvalue weighted by Crippen LogP contribution is -2.26. The number of aliphatic hydroxyl groups is 1. The summed E-state index contributed by atoms with van der Waals surface area (Å²) in [7, 11) is 0. The van der Waals surface area contributed by atoms with Crippen molar-refractivity contribution in [3.05, 3.63) is 54.7 Å². The third-order valence-corrected chi connectivity index (χ3v) is 4.51. The van der Waals surface area contributed by atoms with Crippen LogP contribution in [0.25, 0.3) is 22.0 Å². The Balaban J connectivity index is 1.66. The van der Waals surface area contributed by atoms with Crippen LogP contribution in [0.5, 0.6) is 0 Å². The number of fused-ring (bicyclic) bond motifs is 1. The Kier molecular flexibility index (Phi) is 4.63. The molecule has 4 aromatic rings. The summed E-state index contributed by atoms with van der Waals surface area (Å²) in [6.07, 6.45) is 8.78. The molecule has 4 heterocycles. The maximum absolute atomic E-state index is 9.94. The highest BCUT2D eigenvalue weighted by Gasteiger charge is 2.14. The Morgan fingerprint density at radius 3 is 2.79 bits per heavy atom. The fourth-order valence-corrected chi connectivity index (χ4v) is 3.17. The molecule has 4 rings (SSSR count). The van der Waals surface area contributed by atoms with E-state index in [0.717, 1.165) is 33.3 Å². The summed E-state index contributed by atoms with van der Waals surface area (Å²) >= 11 is 0. The van der Waals surface area contributed by atoms with Crippen molar-refractivity contribution in [1.29, 1.82) is 0 Å². The molecule has 0 aliphatic heterocycles. The molecule has 148 valence electrons. The summed E-state index contributed by atoms with van der Waals surface area (Å²) in [5, 5.41) is 19.2. The van der Waals surface area contributed by atoms with Gasteiger partial charge in [0.2, 0.25) is 0 Å². The van der Waals surface area contributed by atoms with Gasteiger partial charge in [0.25, 0.3) is 0 Å². The minimum Gasteiger partial charge on any atom is -0.389 e. The fourth-order valence-electron chi connectivity index (χ4n) is 3.17. The third-order valence-electron chi connectivity index (χ3n) is 4.51. The maximum atomic E-state index is 9.94. The van der Waals surface area contributed by atoms with Crippen LogP contribution in [0.2, 0.25) is 0 Å². The number of aryl methyl sites for hydroxylation is 1. The van der Waals surface area contributed by atoms with E-state index >= 15 is 0 Å². The van der Waals surface area contributed by atoms with Gasteiger partial charge in [0.05, 0.1) is 29.7 Å². The van der Waals surface area contributed by atoms with Gasteiger partial charge in [0, 0.05) is 35.7 Å². The van der Waals surface area contributed by atoms with Crippen LogP contribution >= 0.6 is 0 Å². The van der Waals surface area contributed by atoms with Crippen molar-refractivity contribution in [2.75, 3.05) is 11.1 Å². The molecule has 0 spiro atoms. The number of pyridine rings is 3. The lowest BCUT2D eigenvalue weighted by Gasteiger charge is -2.16. The number of nitrogens with zero attached hydrogens (tertiary/aromatic N) is 5. The van der Waals surface area contributed by atoms with Gasteiger partial charge in [-0.25, -0.2) is 9.97 Å². The molecule has 0 saturated carbocycles. The quantitative estimate of drug-likeness (QED) is 0.480. The molecule has 0 fully saturated rings. The first-order valence-electron chi connectivity index (χ1n) is 9.28. The van der Waals surface area contributed by atoms with E-state index in [4.69, 9.17) is 5.73 Å². The fraction of sp³-hybridized carbons (Fsp3) is 0.238. The van der Waals surface area contributed by atoms with Crippen molar-refractivity contribution in [3.8, 4) is 11.3 Å². The van der Waals surface area contributed by atoms with E-state index in [9.17, 15) is 5.11 Å². The summed E-state index contributed by atoms with van der Waals surface area (Å²) < 4.78 is 1.69. The predicted molar refractivity (Wildman–Crippen MR) is 114 cm³/mol. The predicted octanol–water partition coefficient (Wildman–Crippen LogP) is 3.29. The molecule has 0 aliphatic rings. The first-order valence-corrected chi connectivity index (χ1v) is 9.28. The van der Waals surface area contributed by atoms with Gasteiger partial charge in [0.15, 0.2) is 0 Å². The lowest BCUT2D eigenvalue weighted by atomic mass is 10.1. The van der Waals surface area contributed by atoms with Gasteiger partial charge >= 0.3 is 0 Å². The van der Waals surface area contributed by atoms with Gasteiger partial charge in [-0.15, -0.1) is 0 Å². The second-order valence-corrected chi connectivity index (χ2v) is 7.74. The summed E-state index contributed by atoms with van der Waals surface area (Å²) in [6, 6.07) is 5.86. The highest BCUT2D eigenvalue weighted by molar-refractivity contribution is 5.94. The normalized spacial score (nSPS) is 11.7. The number of nitrogen functional groups attached to an aromatic ring is 1. The van der Waals surface area contributed by atoms with E-state index in [2.05, 4.69) is 25.4 Å². The first kappa shape index (κ1) is 18.8. The van der Waals surface area contributed by atoms with Crippen molar-refractivity contribution in [2.45, 2.75) is 32.9 Å². The minimum absolute atomic E-state index is 0.399. The second-order valence-electron chi connectivity index (χ2n) is 7.74. The summed E-state index contributed by atoms with van der Waals surface area (Å²) in [4.78, 5) is 13.2. The Hall–Kier alpha value is -3.52. The molecule has 8 heteroatoms. The summed E-state index contributed by atoms with van der Waals surface area (Å²) in [5.74, 6) is 1.09. The zero-order valence-electron chi connectivity index (χ0n) is 16.6. The number of nitrogens with one attached hydrogen (secondary N) is 1. The third kappa shape index (κ3) is 4.17. The molecular formula is C21H23N7O. The largest absolute Gasteiger partial charge is 0.389 e. The molecule has 0 aromatic carbocycles. The van der Waals surface area contributed by atoms with Crippen molar-refractivity contribution in [3.63, 3.8) is 0 Å². The number of hydrogen-bond acceptors (Lipinski definition) is 7. The molecule has 0 radical (unpaired) electrons.